The summed E-state index contributed by atoms with van der Waals surface area (Å²) in [6.45, 7) is 5.12. The third-order valence-corrected chi connectivity index (χ3v) is 2.79. The highest BCUT2D eigenvalue weighted by molar-refractivity contribution is 5.23. The maximum atomic E-state index is 4.04. The van der Waals surface area contributed by atoms with Crippen molar-refractivity contribution in [2.45, 2.75) is 19.9 Å². The minimum Gasteiger partial charge on any atom is -0.333 e. The van der Waals surface area contributed by atoms with Crippen LogP contribution in [0.5, 0.6) is 0 Å². The van der Waals surface area contributed by atoms with Crippen LogP contribution in [-0.2, 0) is 13.0 Å². The highest BCUT2D eigenvalue weighted by Crippen LogP contribution is 2.06. The minimum absolute atomic E-state index is 0.896. The van der Waals surface area contributed by atoms with Gasteiger partial charge >= 0.3 is 0 Å². The smallest absolute Gasteiger partial charge is 0.0949 e. The molecule has 0 radical (unpaired) electrons. The van der Waals surface area contributed by atoms with E-state index >= 15 is 0 Å². The quantitative estimate of drug-likeness (QED) is 0.769. The summed E-state index contributed by atoms with van der Waals surface area (Å²) >= 11 is 0. The van der Waals surface area contributed by atoms with E-state index in [4.69, 9.17) is 0 Å². The first-order chi connectivity index (χ1) is 8.38. The Hall–Kier alpha value is -1.61. The lowest BCUT2D eigenvalue weighted by atomic mass is 10.1. The van der Waals surface area contributed by atoms with Gasteiger partial charge < -0.3 is 9.88 Å². The molecule has 1 N–H and O–H groups in total. The number of aromatic nitrogens is 2. The summed E-state index contributed by atoms with van der Waals surface area (Å²) in [4.78, 5) is 4.04. The molecule has 0 fully saturated rings. The molecule has 2 aromatic rings. The van der Waals surface area contributed by atoms with Gasteiger partial charge in [0, 0.05) is 18.9 Å². The molecule has 0 saturated carbocycles. The number of nitrogens with zero attached hydrogens (tertiary/aromatic N) is 2. The first-order valence-corrected chi connectivity index (χ1v) is 6.13. The lowest BCUT2D eigenvalue weighted by molar-refractivity contribution is 0.716. The topological polar surface area (TPSA) is 29.9 Å². The van der Waals surface area contributed by atoms with E-state index in [1.54, 1.807) is 0 Å². The van der Waals surface area contributed by atoms with Gasteiger partial charge in [-0.15, -0.1) is 0 Å². The molecule has 0 aliphatic carbocycles. The van der Waals surface area contributed by atoms with E-state index in [-0.39, 0.29) is 0 Å². The van der Waals surface area contributed by atoms with Gasteiger partial charge in [-0.3, -0.25) is 0 Å². The number of likely N-dealkylation sites (N-methyl/N-ethyl adjacent to an activating group) is 1. The van der Waals surface area contributed by atoms with Crippen LogP contribution in [0.2, 0.25) is 0 Å². The van der Waals surface area contributed by atoms with Gasteiger partial charge in [0.15, 0.2) is 0 Å². The Morgan fingerprint density at radius 2 is 1.94 bits per heavy atom. The van der Waals surface area contributed by atoms with Gasteiger partial charge in [-0.25, -0.2) is 4.98 Å². The van der Waals surface area contributed by atoms with Crippen LogP contribution < -0.4 is 5.32 Å². The van der Waals surface area contributed by atoms with Gasteiger partial charge in [-0.05, 0) is 30.6 Å². The van der Waals surface area contributed by atoms with Crippen molar-refractivity contribution in [1.29, 1.82) is 0 Å². The average molecular weight is 229 g/mol. The second-order valence-corrected chi connectivity index (χ2v) is 4.16. The number of benzene rings is 1. The molecule has 1 aromatic heterocycles. The average Bonchev–Trinajstić information content (AvgIpc) is 2.85. The molecule has 0 aliphatic rings. The van der Waals surface area contributed by atoms with Crippen molar-refractivity contribution in [3.63, 3.8) is 0 Å². The fraction of sp³-hybridized carbons (Fsp3) is 0.357. The number of hydrogen-bond acceptors (Lipinski definition) is 2. The van der Waals surface area contributed by atoms with Gasteiger partial charge in [0.05, 0.1) is 6.33 Å². The molecule has 0 bridgehead atoms. The fourth-order valence-electron chi connectivity index (χ4n) is 1.81. The standard InChI is InChI=1S/C14H19N3/c1-2-15-8-7-13-3-5-14(6-4-13)11-17-10-9-16-12-17/h3-6,9-10,12,15H,2,7-8,11H2,1H3. The van der Waals surface area contributed by atoms with Crippen LogP contribution in [0.3, 0.4) is 0 Å². The van der Waals surface area contributed by atoms with Crippen molar-refractivity contribution in [2.24, 2.45) is 0 Å². The highest BCUT2D eigenvalue weighted by atomic mass is 15.0. The third-order valence-electron chi connectivity index (χ3n) is 2.79. The monoisotopic (exact) mass is 229 g/mol. The fourth-order valence-corrected chi connectivity index (χ4v) is 1.81. The van der Waals surface area contributed by atoms with E-state index in [1.807, 2.05) is 18.7 Å². The summed E-state index contributed by atoms with van der Waals surface area (Å²) in [5.74, 6) is 0. The van der Waals surface area contributed by atoms with E-state index in [0.717, 1.165) is 26.1 Å². The van der Waals surface area contributed by atoms with Gasteiger partial charge in [-0.2, -0.15) is 0 Å². The Kier molecular flexibility index (Phi) is 4.33. The van der Waals surface area contributed by atoms with Crippen LogP contribution >= 0.6 is 0 Å². The summed E-state index contributed by atoms with van der Waals surface area (Å²) in [5.41, 5.74) is 2.70. The van der Waals surface area contributed by atoms with Gasteiger partial charge in [0.1, 0.15) is 0 Å². The Labute approximate surface area is 103 Å². The molecule has 0 atom stereocenters. The predicted octanol–water partition coefficient (Wildman–Crippen LogP) is 2.08. The predicted molar refractivity (Wildman–Crippen MR) is 70.0 cm³/mol. The number of hydrogen-bond donors (Lipinski definition) is 1. The SMILES string of the molecule is CCNCCc1ccc(Cn2ccnc2)cc1. The maximum absolute atomic E-state index is 4.04. The van der Waals surface area contributed by atoms with Crippen LogP contribution in [0.15, 0.2) is 43.0 Å². The van der Waals surface area contributed by atoms with E-state index in [0.29, 0.717) is 0 Å². The van der Waals surface area contributed by atoms with Crippen LogP contribution in [0.1, 0.15) is 18.1 Å². The van der Waals surface area contributed by atoms with Crippen LogP contribution in [0, 0.1) is 0 Å². The van der Waals surface area contributed by atoms with Gasteiger partial charge in [0.2, 0.25) is 0 Å². The second kappa shape index (κ2) is 6.21. The number of nitrogens with one attached hydrogen (secondary N) is 1. The van der Waals surface area contributed by atoms with Gasteiger partial charge in [0.25, 0.3) is 0 Å². The van der Waals surface area contributed by atoms with Gasteiger partial charge in [-0.1, -0.05) is 31.2 Å². The van der Waals surface area contributed by atoms with E-state index in [2.05, 4.69) is 46.1 Å². The van der Waals surface area contributed by atoms with Crippen LogP contribution in [-0.4, -0.2) is 22.6 Å². The third kappa shape index (κ3) is 3.71. The van der Waals surface area contributed by atoms with Crippen LogP contribution in [0.4, 0.5) is 0 Å². The molecule has 2 rings (SSSR count). The Balaban J connectivity index is 1.89. The minimum atomic E-state index is 0.896. The van der Waals surface area contributed by atoms with Crippen molar-refractivity contribution in [1.82, 2.24) is 14.9 Å². The zero-order valence-corrected chi connectivity index (χ0v) is 10.3. The summed E-state index contributed by atoms with van der Waals surface area (Å²) in [7, 11) is 0. The summed E-state index contributed by atoms with van der Waals surface area (Å²) in [5, 5.41) is 3.34. The molecule has 1 heterocycles. The van der Waals surface area contributed by atoms with Crippen molar-refractivity contribution in [3.05, 3.63) is 54.1 Å². The molecule has 90 valence electrons. The highest BCUT2D eigenvalue weighted by Gasteiger charge is 1.96. The second-order valence-electron chi connectivity index (χ2n) is 4.16. The largest absolute Gasteiger partial charge is 0.333 e. The molecule has 0 aliphatic heterocycles. The zero-order valence-electron chi connectivity index (χ0n) is 10.3. The summed E-state index contributed by atoms with van der Waals surface area (Å²) < 4.78 is 2.08. The number of rotatable bonds is 6. The summed E-state index contributed by atoms with van der Waals surface area (Å²) in [6, 6.07) is 8.82. The molecule has 0 saturated heterocycles. The van der Waals surface area contributed by atoms with Crippen molar-refractivity contribution in [3.8, 4) is 0 Å². The van der Waals surface area contributed by atoms with Crippen LogP contribution in [0.25, 0.3) is 0 Å². The van der Waals surface area contributed by atoms with Crippen molar-refractivity contribution in [2.75, 3.05) is 13.1 Å². The molecule has 17 heavy (non-hydrogen) atoms. The number of imidazole rings is 1. The molecule has 0 amide bonds. The summed E-state index contributed by atoms with van der Waals surface area (Å²) in [6.07, 6.45) is 6.74. The molecule has 3 heteroatoms. The Morgan fingerprint density at radius 1 is 1.18 bits per heavy atom. The molecular formula is C14H19N3. The normalized spacial score (nSPS) is 10.6. The Morgan fingerprint density at radius 3 is 2.59 bits per heavy atom. The van der Waals surface area contributed by atoms with Crippen molar-refractivity contribution < 1.29 is 0 Å². The molecule has 3 nitrogen and oxygen atoms in total. The van der Waals surface area contributed by atoms with E-state index in [9.17, 15) is 0 Å². The van der Waals surface area contributed by atoms with E-state index < -0.39 is 0 Å². The first-order valence-electron chi connectivity index (χ1n) is 6.13. The maximum Gasteiger partial charge on any atom is 0.0949 e. The van der Waals surface area contributed by atoms with E-state index in [1.165, 1.54) is 11.1 Å². The molecule has 0 unspecified atom stereocenters. The lowest BCUT2D eigenvalue weighted by Crippen LogP contribution is -2.15. The Bertz CT molecular complexity index is 417. The molecule has 0 spiro atoms. The lowest BCUT2D eigenvalue weighted by Gasteiger charge is -2.05. The zero-order chi connectivity index (χ0) is 11.9. The molecule has 1 aromatic carbocycles. The van der Waals surface area contributed by atoms with Crippen molar-refractivity contribution >= 4 is 0 Å². The first kappa shape index (κ1) is 11.9. The molecular weight excluding hydrogens is 210 g/mol.